The number of piperidine rings is 1. The Morgan fingerprint density at radius 1 is 1.50 bits per heavy atom. The van der Waals surface area contributed by atoms with Gasteiger partial charge in [-0.25, -0.2) is 0 Å². The van der Waals surface area contributed by atoms with Gasteiger partial charge in [-0.2, -0.15) is 0 Å². The highest BCUT2D eigenvalue weighted by atomic mass is 16.5. The third-order valence-corrected chi connectivity index (χ3v) is 2.89. The molecule has 0 atom stereocenters. The lowest BCUT2D eigenvalue weighted by atomic mass is 9.88. The first-order valence-electron chi connectivity index (χ1n) is 5.06. The number of carbonyl (C=O) groups excluding carboxylic acids is 1. The molecule has 1 heterocycles. The van der Waals surface area contributed by atoms with E-state index < -0.39 is 0 Å². The monoisotopic (exact) mass is 197 g/mol. The van der Waals surface area contributed by atoms with Crippen molar-refractivity contribution < 1.29 is 9.53 Å². The van der Waals surface area contributed by atoms with E-state index in [-0.39, 0.29) is 5.97 Å². The number of carbonyl (C=O) groups is 1. The molecule has 0 aromatic heterocycles. The van der Waals surface area contributed by atoms with E-state index in [9.17, 15) is 4.79 Å². The fourth-order valence-corrected chi connectivity index (χ4v) is 1.82. The maximum atomic E-state index is 11.0. The van der Waals surface area contributed by atoms with Gasteiger partial charge in [0.2, 0.25) is 0 Å². The molecule has 0 spiro atoms. The Bertz CT molecular complexity index is 217. The average Bonchev–Trinajstić information content (AvgIpc) is 2.18. The summed E-state index contributed by atoms with van der Waals surface area (Å²) in [5.41, 5.74) is 1.03. The summed E-state index contributed by atoms with van der Waals surface area (Å²) in [6.45, 7) is 6.18. The third-order valence-electron chi connectivity index (χ3n) is 2.89. The molecule has 1 saturated heterocycles. The first kappa shape index (κ1) is 11.2. The molecule has 0 saturated carbocycles. The van der Waals surface area contributed by atoms with Crippen LogP contribution < -0.4 is 0 Å². The number of ether oxygens (including phenoxy) is 1. The van der Waals surface area contributed by atoms with E-state index in [1.165, 1.54) is 7.11 Å². The number of hydrogen-bond donors (Lipinski definition) is 0. The second-order valence-electron chi connectivity index (χ2n) is 3.99. The van der Waals surface area contributed by atoms with Gasteiger partial charge in [-0.05, 0) is 38.9 Å². The number of hydrogen-bond acceptors (Lipinski definition) is 3. The lowest BCUT2D eigenvalue weighted by Gasteiger charge is -2.29. The van der Waals surface area contributed by atoms with Crippen LogP contribution in [0.5, 0.6) is 0 Å². The van der Waals surface area contributed by atoms with E-state index >= 15 is 0 Å². The summed E-state index contributed by atoms with van der Waals surface area (Å²) < 4.78 is 4.62. The molecule has 3 nitrogen and oxygen atoms in total. The summed E-state index contributed by atoms with van der Waals surface area (Å²) in [4.78, 5) is 13.3. The molecule has 0 aliphatic carbocycles. The fourth-order valence-electron chi connectivity index (χ4n) is 1.82. The van der Waals surface area contributed by atoms with Gasteiger partial charge in [-0.15, -0.1) is 0 Å². The Balaban J connectivity index is 2.34. The van der Waals surface area contributed by atoms with Gasteiger partial charge in [0.25, 0.3) is 0 Å². The van der Waals surface area contributed by atoms with E-state index in [1.54, 1.807) is 0 Å². The Morgan fingerprint density at radius 2 is 2.07 bits per heavy atom. The molecule has 1 rings (SSSR count). The molecular formula is C11H19NO2. The highest BCUT2D eigenvalue weighted by Crippen LogP contribution is 2.24. The zero-order valence-corrected chi connectivity index (χ0v) is 9.08. The topological polar surface area (TPSA) is 29.5 Å². The Hall–Kier alpha value is -0.830. The van der Waals surface area contributed by atoms with E-state index in [1.807, 2.05) is 0 Å². The molecule has 0 N–H and O–H groups in total. The van der Waals surface area contributed by atoms with Crippen LogP contribution in [0, 0.1) is 5.92 Å². The predicted octanol–water partition coefficient (Wildman–Crippen LogP) is 1.45. The Morgan fingerprint density at radius 3 is 2.57 bits per heavy atom. The van der Waals surface area contributed by atoms with Crippen LogP contribution in [0.15, 0.2) is 12.2 Å². The van der Waals surface area contributed by atoms with E-state index in [0.717, 1.165) is 31.5 Å². The average molecular weight is 197 g/mol. The lowest BCUT2D eigenvalue weighted by molar-refractivity contribution is -0.139. The number of likely N-dealkylation sites (tertiary alicyclic amines) is 1. The summed E-state index contributed by atoms with van der Waals surface area (Å²) in [6, 6.07) is 0. The van der Waals surface area contributed by atoms with Crippen molar-refractivity contribution in [3.8, 4) is 0 Å². The van der Waals surface area contributed by atoms with Crippen molar-refractivity contribution in [2.75, 3.05) is 27.2 Å². The maximum absolute atomic E-state index is 11.0. The minimum absolute atomic E-state index is 0.172. The summed E-state index contributed by atoms with van der Waals surface area (Å²) >= 11 is 0. The van der Waals surface area contributed by atoms with Gasteiger partial charge in [-0.3, -0.25) is 4.79 Å². The second kappa shape index (κ2) is 5.15. The van der Waals surface area contributed by atoms with Crippen molar-refractivity contribution >= 4 is 5.97 Å². The standard InChI is InChI=1S/C11H19NO2/c1-9(8-11(13)14-3)10-4-6-12(2)7-5-10/h10H,1,4-8H2,2-3H3. The highest BCUT2D eigenvalue weighted by Gasteiger charge is 2.20. The van der Waals surface area contributed by atoms with Crippen molar-refractivity contribution in [2.24, 2.45) is 5.92 Å². The largest absolute Gasteiger partial charge is 0.469 e. The maximum Gasteiger partial charge on any atom is 0.309 e. The molecule has 0 radical (unpaired) electrons. The van der Waals surface area contributed by atoms with Crippen LogP contribution in [-0.4, -0.2) is 38.1 Å². The number of esters is 1. The molecule has 14 heavy (non-hydrogen) atoms. The minimum Gasteiger partial charge on any atom is -0.469 e. The molecule has 1 fully saturated rings. The van der Waals surface area contributed by atoms with E-state index in [0.29, 0.717) is 12.3 Å². The molecule has 0 bridgehead atoms. The fraction of sp³-hybridized carbons (Fsp3) is 0.727. The molecule has 3 heteroatoms. The number of nitrogens with zero attached hydrogens (tertiary/aromatic N) is 1. The summed E-state index contributed by atoms with van der Waals surface area (Å²) in [5, 5.41) is 0. The zero-order valence-electron chi connectivity index (χ0n) is 9.08. The quantitative estimate of drug-likeness (QED) is 0.506. The molecule has 0 aromatic carbocycles. The molecule has 1 aliphatic rings. The van der Waals surface area contributed by atoms with Crippen molar-refractivity contribution in [1.29, 1.82) is 0 Å². The van der Waals surface area contributed by atoms with Crippen LogP contribution in [0.1, 0.15) is 19.3 Å². The predicted molar refractivity (Wildman–Crippen MR) is 56.0 cm³/mol. The van der Waals surface area contributed by atoms with Crippen molar-refractivity contribution in [1.82, 2.24) is 4.90 Å². The third kappa shape index (κ3) is 3.14. The molecule has 1 aliphatic heterocycles. The van der Waals surface area contributed by atoms with Gasteiger partial charge in [0.1, 0.15) is 0 Å². The van der Waals surface area contributed by atoms with Crippen LogP contribution in [0.3, 0.4) is 0 Å². The minimum atomic E-state index is -0.172. The summed E-state index contributed by atoms with van der Waals surface area (Å²) in [5.74, 6) is 0.333. The van der Waals surface area contributed by atoms with Gasteiger partial charge < -0.3 is 9.64 Å². The van der Waals surface area contributed by atoms with Crippen molar-refractivity contribution in [3.05, 3.63) is 12.2 Å². The highest BCUT2D eigenvalue weighted by molar-refractivity contribution is 5.72. The van der Waals surface area contributed by atoms with Gasteiger partial charge >= 0.3 is 5.97 Å². The number of rotatable bonds is 3. The Kier molecular flexibility index (Phi) is 4.14. The summed E-state index contributed by atoms with van der Waals surface area (Å²) in [6.07, 6.45) is 2.61. The lowest BCUT2D eigenvalue weighted by Crippen LogP contribution is -2.31. The van der Waals surface area contributed by atoms with Gasteiger partial charge in [-0.1, -0.05) is 12.2 Å². The SMILES string of the molecule is C=C(CC(=O)OC)C1CCN(C)CC1. The first-order valence-corrected chi connectivity index (χ1v) is 5.06. The van der Waals surface area contributed by atoms with Crippen molar-refractivity contribution in [2.45, 2.75) is 19.3 Å². The van der Waals surface area contributed by atoms with Gasteiger partial charge in [0.05, 0.1) is 13.5 Å². The normalized spacial score (nSPS) is 19.3. The van der Waals surface area contributed by atoms with Crippen LogP contribution in [0.2, 0.25) is 0 Å². The zero-order chi connectivity index (χ0) is 10.6. The van der Waals surface area contributed by atoms with E-state index in [4.69, 9.17) is 0 Å². The van der Waals surface area contributed by atoms with Crippen LogP contribution in [0.4, 0.5) is 0 Å². The Labute approximate surface area is 85.7 Å². The smallest absolute Gasteiger partial charge is 0.309 e. The van der Waals surface area contributed by atoms with Crippen molar-refractivity contribution in [3.63, 3.8) is 0 Å². The van der Waals surface area contributed by atoms with Gasteiger partial charge in [0, 0.05) is 0 Å². The molecular weight excluding hydrogens is 178 g/mol. The second-order valence-corrected chi connectivity index (χ2v) is 3.99. The van der Waals surface area contributed by atoms with Gasteiger partial charge in [0.15, 0.2) is 0 Å². The van der Waals surface area contributed by atoms with Crippen LogP contribution in [0.25, 0.3) is 0 Å². The first-order chi connectivity index (χ1) is 6.63. The molecule has 0 aromatic rings. The van der Waals surface area contributed by atoms with E-state index in [2.05, 4.69) is 23.3 Å². The van der Waals surface area contributed by atoms with Crippen LogP contribution in [-0.2, 0) is 9.53 Å². The number of methoxy groups -OCH3 is 1. The summed E-state index contributed by atoms with van der Waals surface area (Å²) in [7, 11) is 3.55. The molecule has 80 valence electrons. The molecule has 0 amide bonds. The molecule has 0 unspecified atom stereocenters. The van der Waals surface area contributed by atoms with Crippen LogP contribution >= 0.6 is 0 Å².